The lowest BCUT2D eigenvalue weighted by Crippen LogP contribution is -2.22. The van der Waals surface area contributed by atoms with Crippen molar-refractivity contribution in [3.63, 3.8) is 0 Å². The molecule has 0 atom stereocenters. The minimum absolute atomic E-state index is 0. The number of aromatic nitrogens is 2. The quantitative estimate of drug-likeness (QED) is 0.280. The van der Waals surface area contributed by atoms with Gasteiger partial charge in [-0.3, -0.25) is 0 Å². The Balaban J connectivity index is 0.00000208. The van der Waals surface area contributed by atoms with Crippen molar-refractivity contribution in [1.29, 1.82) is 0 Å². The number of benzene rings is 2. The summed E-state index contributed by atoms with van der Waals surface area (Å²) in [5.41, 5.74) is 14.5. The number of rotatable bonds is 5. The van der Waals surface area contributed by atoms with Gasteiger partial charge in [-0.1, -0.05) is 54.2 Å². The summed E-state index contributed by atoms with van der Waals surface area (Å²) in [4.78, 5) is 7.82. The zero-order valence-electron chi connectivity index (χ0n) is 12.8. The zero-order valence-corrected chi connectivity index (χ0v) is 13.6. The number of nitrogens with one attached hydrogen (secondary N) is 1. The van der Waals surface area contributed by atoms with E-state index in [0.717, 1.165) is 27.5 Å². The number of aromatic amines is 1. The number of thioether (sulfide) groups is 1. The van der Waals surface area contributed by atoms with E-state index in [4.69, 9.17) is 11.5 Å². The third-order valence-corrected chi connectivity index (χ3v) is 3.99. The molecule has 3 rings (SSSR count). The molecular formula is C16H18N6OS. The van der Waals surface area contributed by atoms with Gasteiger partial charge in [0.25, 0.3) is 0 Å². The monoisotopic (exact) mass is 342 g/mol. The minimum Gasteiger partial charge on any atom is -0.412 e. The Morgan fingerprint density at radius 3 is 2.42 bits per heavy atom. The van der Waals surface area contributed by atoms with Gasteiger partial charge < -0.3 is 21.9 Å². The second kappa shape index (κ2) is 8.14. The number of hydrogen-bond acceptors (Lipinski definition) is 4. The molecule has 8 heteroatoms. The number of nitrogens with two attached hydrogens (primary N) is 2. The van der Waals surface area contributed by atoms with Crippen LogP contribution < -0.4 is 11.5 Å². The van der Waals surface area contributed by atoms with Crippen LogP contribution in [0.15, 0.2) is 70.0 Å². The van der Waals surface area contributed by atoms with Crippen molar-refractivity contribution in [2.75, 3.05) is 5.75 Å². The molecule has 3 aromatic rings. The van der Waals surface area contributed by atoms with Crippen LogP contribution >= 0.6 is 11.8 Å². The standard InChI is InChI=1S/C16H16N6S.H2O/c17-15(18)22-21-14(11-6-2-1-3-7-11)10-23-16-19-12-8-4-5-9-13(12)20-16;/h1-9H,10H2,(H,19,20)(H4,17,18,22);1H2. The van der Waals surface area contributed by atoms with Crippen LogP contribution in [0.3, 0.4) is 0 Å². The molecule has 0 saturated heterocycles. The molecular weight excluding hydrogens is 324 g/mol. The first-order valence-corrected chi connectivity index (χ1v) is 7.99. The summed E-state index contributed by atoms with van der Waals surface area (Å²) < 4.78 is 0. The Morgan fingerprint density at radius 2 is 1.71 bits per heavy atom. The van der Waals surface area contributed by atoms with E-state index >= 15 is 0 Å². The van der Waals surface area contributed by atoms with E-state index in [1.165, 1.54) is 0 Å². The maximum absolute atomic E-state index is 5.37. The Kier molecular flexibility index (Phi) is 5.94. The van der Waals surface area contributed by atoms with Crippen LogP contribution in [0, 0.1) is 0 Å². The first-order valence-electron chi connectivity index (χ1n) is 7.01. The molecule has 0 aliphatic carbocycles. The zero-order chi connectivity index (χ0) is 16.1. The molecule has 1 heterocycles. The van der Waals surface area contributed by atoms with Crippen molar-refractivity contribution in [2.45, 2.75) is 5.16 Å². The number of H-pyrrole nitrogens is 1. The van der Waals surface area contributed by atoms with E-state index in [1.807, 2.05) is 54.6 Å². The van der Waals surface area contributed by atoms with Crippen LogP contribution in [0.2, 0.25) is 0 Å². The average Bonchev–Trinajstić information content (AvgIpc) is 2.98. The summed E-state index contributed by atoms with van der Waals surface area (Å²) in [5, 5.41) is 8.76. The van der Waals surface area contributed by atoms with Gasteiger partial charge in [-0.05, 0) is 17.7 Å². The van der Waals surface area contributed by atoms with Crippen LogP contribution in [0.25, 0.3) is 11.0 Å². The predicted molar refractivity (Wildman–Crippen MR) is 99.2 cm³/mol. The Morgan fingerprint density at radius 1 is 1.00 bits per heavy atom. The maximum atomic E-state index is 5.37. The van der Waals surface area contributed by atoms with Gasteiger partial charge in [-0.2, -0.15) is 5.10 Å². The number of para-hydroxylation sites is 2. The molecule has 2 aromatic carbocycles. The first-order chi connectivity index (χ1) is 11.2. The highest BCUT2D eigenvalue weighted by Crippen LogP contribution is 2.20. The lowest BCUT2D eigenvalue weighted by atomic mass is 10.1. The summed E-state index contributed by atoms with van der Waals surface area (Å²) in [6.45, 7) is 0. The number of hydrogen-bond donors (Lipinski definition) is 3. The fraction of sp³-hybridized carbons (Fsp3) is 0.0625. The fourth-order valence-electron chi connectivity index (χ4n) is 2.05. The highest BCUT2D eigenvalue weighted by atomic mass is 32.2. The molecule has 7 N–H and O–H groups in total. The van der Waals surface area contributed by atoms with E-state index in [2.05, 4.69) is 20.2 Å². The highest BCUT2D eigenvalue weighted by Gasteiger charge is 2.08. The fourth-order valence-corrected chi connectivity index (χ4v) is 2.90. The summed E-state index contributed by atoms with van der Waals surface area (Å²) in [6.07, 6.45) is 0. The molecule has 7 nitrogen and oxygen atoms in total. The van der Waals surface area contributed by atoms with Crippen molar-refractivity contribution < 1.29 is 5.48 Å². The normalized spacial score (nSPS) is 11.1. The molecule has 124 valence electrons. The number of nitrogens with zero attached hydrogens (tertiary/aromatic N) is 3. The van der Waals surface area contributed by atoms with Gasteiger partial charge in [-0.25, -0.2) is 4.98 Å². The Bertz CT molecular complexity index is 822. The second-order valence-corrected chi connectivity index (χ2v) is 5.75. The van der Waals surface area contributed by atoms with E-state index in [1.54, 1.807) is 11.8 Å². The highest BCUT2D eigenvalue weighted by molar-refractivity contribution is 7.99. The van der Waals surface area contributed by atoms with Gasteiger partial charge in [0.05, 0.1) is 16.7 Å². The van der Waals surface area contributed by atoms with Gasteiger partial charge in [0.1, 0.15) is 0 Å². The van der Waals surface area contributed by atoms with Crippen molar-refractivity contribution in [3.05, 3.63) is 60.2 Å². The molecule has 0 aliphatic rings. The molecule has 0 unspecified atom stereocenters. The van der Waals surface area contributed by atoms with Crippen molar-refractivity contribution in [1.82, 2.24) is 9.97 Å². The van der Waals surface area contributed by atoms with E-state index in [9.17, 15) is 0 Å². The van der Waals surface area contributed by atoms with Gasteiger partial charge in [0.15, 0.2) is 5.16 Å². The number of imidazole rings is 1. The van der Waals surface area contributed by atoms with Gasteiger partial charge >= 0.3 is 0 Å². The van der Waals surface area contributed by atoms with Crippen LogP contribution in [0.4, 0.5) is 0 Å². The molecule has 0 radical (unpaired) electrons. The SMILES string of the molecule is NC(N)=NN=C(CSc1nc2ccccc2[nH]1)c1ccccc1.O. The molecule has 0 saturated carbocycles. The van der Waals surface area contributed by atoms with Crippen molar-refractivity contribution in [3.8, 4) is 0 Å². The summed E-state index contributed by atoms with van der Waals surface area (Å²) in [5.74, 6) is 0.535. The predicted octanol–water partition coefficient (Wildman–Crippen LogP) is 1.51. The average molecular weight is 342 g/mol. The van der Waals surface area contributed by atoms with Gasteiger partial charge in [-0.15, -0.1) is 5.10 Å². The number of fused-ring (bicyclic) bond motifs is 1. The lowest BCUT2D eigenvalue weighted by Gasteiger charge is -2.03. The van der Waals surface area contributed by atoms with Crippen LogP contribution in [-0.2, 0) is 0 Å². The van der Waals surface area contributed by atoms with E-state index in [-0.39, 0.29) is 11.4 Å². The summed E-state index contributed by atoms with van der Waals surface area (Å²) >= 11 is 1.55. The second-order valence-electron chi connectivity index (χ2n) is 4.79. The Labute approximate surface area is 143 Å². The molecule has 0 amide bonds. The van der Waals surface area contributed by atoms with E-state index < -0.39 is 0 Å². The molecule has 0 spiro atoms. The molecule has 0 fully saturated rings. The Hall–Kier alpha value is -2.84. The largest absolute Gasteiger partial charge is 0.412 e. The summed E-state index contributed by atoms with van der Waals surface area (Å²) in [6, 6.07) is 17.7. The molecule has 0 bridgehead atoms. The smallest absolute Gasteiger partial charge is 0.211 e. The van der Waals surface area contributed by atoms with E-state index in [0.29, 0.717) is 5.75 Å². The van der Waals surface area contributed by atoms with Gasteiger partial charge in [0, 0.05) is 5.75 Å². The molecule has 1 aromatic heterocycles. The van der Waals surface area contributed by atoms with Crippen LogP contribution in [0.1, 0.15) is 5.56 Å². The topological polar surface area (TPSA) is 137 Å². The third kappa shape index (κ3) is 4.34. The summed E-state index contributed by atoms with van der Waals surface area (Å²) in [7, 11) is 0. The third-order valence-electron chi connectivity index (χ3n) is 3.11. The molecule has 0 aliphatic heterocycles. The van der Waals surface area contributed by atoms with Crippen LogP contribution in [0.5, 0.6) is 0 Å². The van der Waals surface area contributed by atoms with Gasteiger partial charge in [0.2, 0.25) is 5.96 Å². The lowest BCUT2D eigenvalue weighted by molar-refractivity contribution is 0.824. The van der Waals surface area contributed by atoms with Crippen molar-refractivity contribution in [2.24, 2.45) is 21.7 Å². The first kappa shape index (κ1) is 17.5. The number of guanidine groups is 1. The minimum atomic E-state index is -0.0628. The van der Waals surface area contributed by atoms with Crippen molar-refractivity contribution >= 4 is 34.5 Å². The maximum Gasteiger partial charge on any atom is 0.211 e. The van der Waals surface area contributed by atoms with Crippen LogP contribution in [-0.4, -0.2) is 32.9 Å². The molecule has 24 heavy (non-hydrogen) atoms.